The number of nitriles is 1. The van der Waals surface area contributed by atoms with E-state index in [0.29, 0.717) is 35.9 Å². The number of fused-ring (bicyclic) bond motifs is 1. The quantitative estimate of drug-likeness (QED) is 0.399. The smallest absolute Gasteiger partial charge is 0.151 e. The predicted octanol–water partition coefficient (Wildman–Crippen LogP) is 4.57. The third kappa shape index (κ3) is 4.53. The second kappa shape index (κ2) is 10.4. The number of morpholine rings is 1. The molecule has 36 heavy (non-hydrogen) atoms. The van der Waals surface area contributed by atoms with Crippen molar-refractivity contribution in [3.8, 4) is 23.1 Å². The van der Waals surface area contributed by atoms with Crippen LogP contribution in [0.1, 0.15) is 12.5 Å². The van der Waals surface area contributed by atoms with Gasteiger partial charge in [-0.1, -0.05) is 12.1 Å². The molecule has 1 unspecified atom stereocenters. The summed E-state index contributed by atoms with van der Waals surface area (Å²) in [6, 6.07) is 19.5. The van der Waals surface area contributed by atoms with Crippen LogP contribution in [0, 0.1) is 11.3 Å². The largest absolute Gasteiger partial charge is 0.497 e. The molecule has 5 rings (SSSR count). The Balaban J connectivity index is 1.37. The molecule has 9 heteroatoms. The molecule has 1 N–H and O–H groups in total. The van der Waals surface area contributed by atoms with Gasteiger partial charge in [-0.05, 0) is 48.9 Å². The maximum absolute atomic E-state index is 12.9. The van der Waals surface area contributed by atoms with E-state index >= 15 is 0 Å². The zero-order valence-electron chi connectivity index (χ0n) is 20.2. The van der Waals surface area contributed by atoms with Gasteiger partial charge in [0.1, 0.15) is 17.6 Å². The Labute approximate surface area is 212 Å². The van der Waals surface area contributed by atoms with Crippen molar-refractivity contribution in [1.82, 2.24) is 9.55 Å². The number of rotatable bonds is 7. The third-order valence-corrected chi connectivity index (χ3v) is 7.43. The van der Waals surface area contributed by atoms with E-state index in [1.165, 1.54) is 0 Å². The van der Waals surface area contributed by atoms with Crippen molar-refractivity contribution >= 4 is 33.4 Å². The number of aryl methyl sites for hydroxylation is 1. The van der Waals surface area contributed by atoms with E-state index in [-0.39, 0.29) is 0 Å². The van der Waals surface area contributed by atoms with Crippen LogP contribution < -0.4 is 14.4 Å². The summed E-state index contributed by atoms with van der Waals surface area (Å²) in [5, 5.41) is 10.8. The van der Waals surface area contributed by atoms with Crippen LogP contribution in [-0.4, -0.2) is 47.2 Å². The molecule has 4 aromatic rings. The fraction of sp³-hybridized carbons (Fsp3) is 0.259. The van der Waals surface area contributed by atoms with E-state index in [1.54, 1.807) is 13.3 Å². The van der Waals surface area contributed by atoms with E-state index in [0.717, 1.165) is 46.8 Å². The second-order valence-electron chi connectivity index (χ2n) is 8.36. The maximum Gasteiger partial charge on any atom is 0.151 e. The molecule has 184 valence electrons. The van der Waals surface area contributed by atoms with Gasteiger partial charge in [-0.2, -0.15) is 5.26 Å². The summed E-state index contributed by atoms with van der Waals surface area (Å²) in [5.41, 5.74) is 4.08. The van der Waals surface area contributed by atoms with Crippen LogP contribution in [0.3, 0.4) is 0 Å². The van der Waals surface area contributed by atoms with E-state index in [2.05, 4.69) is 32.2 Å². The molecule has 0 saturated carbocycles. The Morgan fingerprint density at radius 1 is 1.14 bits per heavy atom. The first-order valence-electron chi connectivity index (χ1n) is 11.8. The van der Waals surface area contributed by atoms with Crippen LogP contribution in [0.15, 0.2) is 65.7 Å². The van der Waals surface area contributed by atoms with Crippen LogP contribution >= 0.6 is 0 Å². The first kappa shape index (κ1) is 23.9. The number of hydrogen-bond donors (Lipinski definition) is 1. The van der Waals surface area contributed by atoms with Crippen molar-refractivity contribution in [3.63, 3.8) is 0 Å². The van der Waals surface area contributed by atoms with Gasteiger partial charge in [-0.15, -0.1) is 0 Å². The Hall–Kier alpha value is -3.87. The minimum atomic E-state index is -1.45. The van der Waals surface area contributed by atoms with Gasteiger partial charge in [0.15, 0.2) is 11.0 Å². The van der Waals surface area contributed by atoms with Gasteiger partial charge in [0.2, 0.25) is 0 Å². The minimum absolute atomic E-state index is 0.600. The van der Waals surface area contributed by atoms with Gasteiger partial charge in [0.25, 0.3) is 0 Å². The minimum Gasteiger partial charge on any atom is -0.497 e. The fourth-order valence-corrected chi connectivity index (χ4v) is 5.33. The second-order valence-corrected chi connectivity index (χ2v) is 9.58. The standard InChI is InChI=1S/C27H27N5O3S/c1-3-32-25-16-21(34-2)8-10-23(25)24(17-28)27(32)19-4-6-20(7-5-19)30-36(33)22-9-11-26(29-18-22)31-12-14-35-15-13-31/h4-11,16,18,30H,3,12-15H2,1-2H3. The Morgan fingerprint density at radius 2 is 1.92 bits per heavy atom. The number of nitrogens with zero attached hydrogens (tertiary/aromatic N) is 4. The number of hydrogen-bond acceptors (Lipinski definition) is 6. The van der Waals surface area contributed by atoms with E-state index in [4.69, 9.17) is 9.47 Å². The summed E-state index contributed by atoms with van der Waals surface area (Å²) in [5.74, 6) is 1.61. The first-order chi connectivity index (χ1) is 17.6. The Kier molecular flexibility index (Phi) is 6.89. The lowest BCUT2D eigenvalue weighted by molar-refractivity contribution is 0.122. The van der Waals surface area contributed by atoms with Gasteiger partial charge < -0.3 is 23.7 Å². The molecule has 3 heterocycles. The fourth-order valence-electron chi connectivity index (χ4n) is 4.52. The van der Waals surface area contributed by atoms with Gasteiger partial charge in [0, 0.05) is 43.0 Å². The molecule has 0 amide bonds. The monoisotopic (exact) mass is 501 g/mol. The SMILES string of the molecule is CCn1c(-c2ccc(NS(=O)c3ccc(N4CCOCC4)nc3)cc2)c(C#N)c2ccc(OC)cc21. The summed E-state index contributed by atoms with van der Waals surface area (Å²) in [6.07, 6.45) is 1.65. The molecule has 0 radical (unpaired) electrons. The summed E-state index contributed by atoms with van der Waals surface area (Å²) < 4.78 is 28.8. The highest BCUT2D eigenvalue weighted by Gasteiger charge is 2.19. The van der Waals surface area contributed by atoms with Gasteiger partial charge in [-0.25, -0.2) is 9.19 Å². The lowest BCUT2D eigenvalue weighted by Crippen LogP contribution is -2.36. The van der Waals surface area contributed by atoms with Crippen LogP contribution in [0.5, 0.6) is 5.75 Å². The Morgan fingerprint density at radius 3 is 2.56 bits per heavy atom. The average Bonchev–Trinajstić information content (AvgIpc) is 3.26. The summed E-state index contributed by atoms with van der Waals surface area (Å²) >= 11 is 0. The molecule has 2 aromatic carbocycles. The maximum atomic E-state index is 12.9. The summed E-state index contributed by atoms with van der Waals surface area (Å²) in [4.78, 5) is 7.24. The van der Waals surface area contributed by atoms with E-state index in [9.17, 15) is 9.47 Å². The van der Waals surface area contributed by atoms with Crippen LogP contribution in [0.4, 0.5) is 11.5 Å². The predicted molar refractivity (Wildman–Crippen MR) is 142 cm³/mol. The number of benzene rings is 2. The van der Waals surface area contributed by atoms with Gasteiger partial charge in [0.05, 0.1) is 42.0 Å². The van der Waals surface area contributed by atoms with Crippen LogP contribution in [-0.2, 0) is 22.3 Å². The molecule has 8 nitrogen and oxygen atoms in total. The van der Waals surface area contributed by atoms with Crippen molar-refractivity contribution in [3.05, 3.63) is 66.4 Å². The number of pyridine rings is 1. The van der Waals surface area contributed by atoms with Crippen LogP contribution in [0.2, 0.25) is 0 Å². The molecule has 1 fully saturated rings. The zero-order valence-corrected chi connectivity index (χ0v) is 21.0. The third-order valence-electron chi connectivity index (χ3n) is 6.34. The molecule has 0 aliphatic carbocycles. The highest BCUT2D eigenvalue weighted by Crippen LogP contribution is 2.35. The van der Waals surface area contributed by atoms with Crippen molar-refractivity contribution in [2.45, 2.75) is 18.4 Å². The summed E-state index contributed by atoms with van der Waals surface area (Å²) in [7, 11) is 0.182. The van der Waals surface area contributed by atoms with Gasteiger partial charge in [-0.3, -0.25) is 0 Å². The van der Waals surface area contributed by atoms with E-state index in [1.807, 2.05) is 54.6 Å². The number of ether oxygens (including phenoxy) is 2. The first-order valence-corrected chi connectivity index (χ1v) is 13.0. The topological polar surface area (TPSA) is 92.4 Å². The van der Waals surface area contributed by atoms with Gasteiger partial charge >= 0.3 is 0 Å². The van der Waals surface area contributed by atoms with Crippen molar-refractivity contribution in [2.75, 3.05) is 43.0 Å². The zero-order chi connectivity index (χ0) is 25.1. The molecule has 1 aliphatic heterocycles. The molecule has 1 saturated heterocycles. The lowest BCUT2D eigenvalue weighted by Gasteiger charge is -2.27. The highest BCUT2D eigenvalue weighted by atomic mass is 32.2. The number of methoxy groups -OCH3 is 1. The highest BCUT2D eigenvalue weighted by molar-refractivity contribution is 7.86. The van der Waals surface area contributed by atoms with Crippen LogP contribution in [0.25, 0.3) is 22.2 Å². The average molecular weight is 502 g/mol. The number of nitrogens with one attached hydrogen (secondary N) is 1. The molecular weight excluding hydrogens is 474 g/mol. The molecule has 0 bridgehead atoms. The van der Waals surface area contributed by atoms with Crippen molar-refractivity contribution in [2.24, 2.45) is 0 Å². The van der Waals surface area contributed by atoms with E-state index < -0.39 is 11.0 Å². The molecular formula is C27H27N5O3S. The summed E-state index contributed by atoms with van der Waals surface area (Å²) in [6.45, 7) is 5.75. The van der Waals surface area contributed by atoms with Crippen molar-refractivity contribution < 1.29 is 13.7 Å². The Bertz CT molecular complexity index is 1440. The number of aromatic nitrogens is 2. The molecule has 0 spiro atoms. The molecule has 2 aromatic heterocycles. The molecule has 1 aliphatic rings. The lowest BCUT2D eigenvalue weighted by atomic mass is 10.1. The molecule has 1 atom stereocenters. The number of anilines is 2. The normalized spacial score (nSPS) is 14.4. The van der Waals surface area contributed by atoms with Crippen molar-refractivity contribution in [1.29, 1.82) is 5.26 Å².